The number of phosphoric acid groups is 2. The maximum atomic E-state index is 13.0. The summed E-state index contributed by atoms with van der Waals surface area (Å²) in [4.78, 5) is 72.5. The number of phosphoric ester groups is 2. The van der Waals surface area contributed by atoms with E-state index in [2.05, 4.69) is 55.4 Å². The SMILES string of the molecule is CC(C)CCCCCCCCCCCCCCCCCC(=O)OC[C@H](COP(=O)(O)OCC(O)COP(=O)(O)OC[C@@H](COC(=O)CCCCCCCCCC(C)C)OC(=O)CCCCCCCCCCCCCC(C)C)OC(=O)CCCCCCCCC(C)C. The van der Waals surface area contributed by atoms with Gasteiger partial charge in [0.05, 0.1) is 26.4 Å². The molecule has 0 heterocycles. The minimum atomic E-state index is -4.95. The molecule has 0 fully saturated rings. The zero-order chi connectivity index (χ0) is 67.5. The van der Waals surface area contributed by atoms with Crippen molar-refractivity contribution in [3.63, 3.8) is 0 Å². The molecule has 17 nitrogen and oxygen atoms in total. The van der Waals surface area contributed by atoms with Crippen LogP contribution in [0.4, 0.5) is 0 Å². The number of carbonyl (C=O) groups excluding carboxylic acids is 4. The van der Waals surface area contributed by atoms with Crippen molar-refractivity contribution >= 4 is 39.5 Å². The Hall–Kier alpha value is -1.94. The van der Waals surface area contributed by atoms with E-state index in [0.29, 0.717) is 37.5 Å². The maximum absolute atomic E-state index is 13.0. The fraction of sp³-hybridized carbons (Fsp3) is 0.944. The predicted octanol–water partition coefficient (Wildman–Crippen LogP) is 20.5. The molecule has 3 unspecified atom stereocenters. The molecular formula is C72H140O17P2. The van der Waals surface area contributed by atoms with E-state index >= 15 is 0 Å². The van der Waals surface area contributed by atoms with Crippen LogP contribution in [-0.4, -0.2) is 96.7 Å². The lowest BCUT2D eigenvalue weighted by Gasteiger charge is -2.21. The van der Waals surface area contributed by atoms with Crippen LogP contribution in [0.15, 0.2) is 0 Å². The highest BCUT2D eigenvalue weighted by Crippen LogP contribution is 2.45. The lowest BCUT2D eigenvalue weighted by molar-refractivity contribution is -0.161. The zero-order valence-electron chi connectivity index (χ0n) is 59.5. The molecule has 0 saturated heterocycles. The van der Waals surface area contributed by atoms with Gasteiger partial charge in [-0.05, 0) is 49.4 Å². The molecular weight excluding hydrogens is 1200 g/mol. The molecule has 0 aromatic heterocycles. The topological polar surface area (TPSA) is 237 Å². The molecule has 0 rings (SSSR count). The number of aliphatic hydroxyl groups is 1. The lowest BCUT2D eigenvalue weighted by atomic mass is 10.0. The maximum Gasteiger partial charge on any atom is 0.472 e. The van der Waals surface area contributed by atoms with E-state index in [0.717, 1.165) is 108 Å². The molecule has 3 N–H and O–H groups in total. The van der Waals surface area contributed by atoms with Gasteiger partial charge in [-0.2, -0.15) is 0 Å². The minimum Gasteiger partial charge on any atom is -0.462 e. The number of unbranched alkanes of at least 4 members (excludes halogenated alkanes) is 35. The van der Waals surface area contributed by atoms with Gasteiger partial charge in [-0.25, -0.2) is 9.13 Å². The molecule has 0 aromatic carbocycles. The van der Waals surface area contributed by atoms with E-state index in [9.17, 15) is 43.2 Å². The Bertz CT molecular complexity index is 1800. The highest BCUT2D eigenvalue weighted by molar-refractivity contribution is 7.47. The molecule has 540 valence electrons. The number of rotatable bonds is 69. The van der Waals surface area contributed by atoms with Crippen molar-refractivity contribution in [3.8, 4) is 0 Å². The van der Waals surface area contributed by atoms with Crippen LogP contribution in [0, 0.1) is 23.7 Å². The van der Waals surface area contributed by atoms with Crippen LogP contribution in [0.1, 0.15) is 357 Å². The Labute approximate surface area is 556 Å². The van der Waals surface area contributed by atoms with Crippen molar-refractivity contribution in [1.29, 1.82) is 0 Å². The smallest absolute Gasteiger partial charge is 0.462 e. The van der Waals surface area contributed by atoms with Crippen molar-refractivity contribution in [2.45, 2.75) is 375 Å². The van der Waals surface area contributed by atoms with Gasteiger partial charge in [0.1, 0.15) is 19.3 Å². The van der Waals surface area contributed by atoms with Crippen LogP contribution in [0.2, 0.25) is 0 Å². The molecule has 19 heteroatoms. The van der Waals surface area contributed by atoms with Gasteiger partial charge >= 0.3 is 39.5 Å². The van der Waals surface area contributed by atoms with Crippen LogP contribution in [0.3, 0.4) is 0 Å². The summed E-state index contributed by atoms with van der Waals surface area (Å²) in [6.07, 6.45) is 44.8. The first-order valence-electron chi connectivity index (χ1n) is 37.2. The largest absolute Gasteiger partial charge is 0.472 e. The van der Waals surface area contributed by atoms with Crippen LogP contribution in [0.25, 0.3) is 0 Å². The first-order chi connectivity index (χ1) is 43.6. The molecule has 5 atom stereocenters. The van der Waals surface area contributed by atoms with Crippen LogP contribution in [0.5, 0.6) is 0 Å². The van der Waals surface area contributed by atoms with Gasteiger partial charge < -0.3 is 33.8 Å². The minimum absolute atomic E-state index is 0.102. The number of hydrogen-bond acceptors (Lipinski definition) is 15. The quantitative estimate of drug-likeness (QED) is 0.0222. The first-order valence-corrected chi connectivity index (χ1v) is 40.2. The Morgan fingerprint density at radius 2 is 0.462 bits per heavy atom. The fourth-order valence-electron chi connectivity index (χ4n) is 10.8. The lowest BCUT2D eigenvalue weighted by Crippen LogP contribution is -2.30. The summed E-state index contributed by atoms with van der Waals surface area (Å²) in [6, 6.07) is 0. The molecule has 0 saturated carbocycles. The first kappa shape index (κ1) is 89.1. The van der Waals surface area contributed by atoms with Gasteiger partial charge in [0.2, 0.25) is 0 Å². The van der Waals surface area contributed by atoms with Crippen LogP contribution >= 0.6 is 15.6 Å². The second-order valence-electron chi connectivity index (χ2n) is 27.9. The third-order valence-electron chi connectivity index (χ3n) is 16.6. The summed E-state index contributed by atoms with van der Waals surface area (Å²) in [5, 5.41) is 10.6. The van der Waals surface area contributed by atoms with Crippen molar-refractivity contribution in [2.24, 2.45) is 23.7 Å². The molecule has 0 amide bonds. The molecule has 0 aromatic rings. The van der Waals surface area contributed by atoms with E-state index in [1.165, 1.54) is 154 Å². The summed E-state index contributed by atoms with van der Waals surface area (Å²) in [5.41, 5.74) is 0. The summed E-state index contributed by atoms with van der Waals surface area (Å²) < 4.78 is 68.3. The number of ether oxygens (including phenoxy) is 4. The van der Waals surface area contributed by atoms with Gasteiger partial charge in [-0.15, -0.1) is 0 Å². The normalized spacial score (nSPS) is 14.2. The molecule has 0 radical (unpaired) electrons. The summed E-state index contributed by atoms with van der Waals surface area (Å²) >= 11 is 0. The average molecular weight is 1340 g/mol. The van der Waals surface area contributed by atoms with Crippen molar-refractivity contribution in [2.75, 3.05) is 39.6 Å². The molecule has 91 heavy (non-hydrogen) atoms. The van der Waals surface area contributed by atoms with E-state index in [1.807, 2.05) is 0 Å². The van der Waals surface area contributed by atoms with Gasteiger partial charge in [-0.3, -0.25) is 37.3 Å². The highest BCUT2D eigenvalue weighted by atomic mass is 31.2. The van der Waals surface area contributed by atoms with Gasteiger partial charge in [0.25, 0.3) is 0 Å². The van der Waals surface area contributed by atoms with E-state index in [-0.39, 0.29) is 25.7 Å². The fourth-order valence-corrected chi connectivity index (χ4v) is 12.4. The Balaban J connectivity index is 5.17. The Kier molecular flexibility index (Phi) is 60.3. The molecule has 0 spiro atoms. The Morgan fingerprint density at radius 3 is 0.681 bits per heavy atom. The van der Waals surface area contributed by atoms with E-state index < -0.39 is 97.5 Å². The van der Waals surface area contributed by atoms with Crippen molar-refractivity contribution < 1.29 is 80.2 Å². The number of hydrogen-bond donors (Lipinski definition) is 3. The van der Waals surface area contributed by atoms with Crippen molar-refractivity contribution in [3.05, 3.63) is 0 Å². The standard InChI is InChI=1S/C72H140O17P2/c1-62(2)48-40-32-24-19-15-12-10-9-11-13-17-21-27-36-44-52-69(74)82-59-68(89-72(77)55-47-39-31-30-35-43-51-65(7)8)61-87-91(80,81)85-57-66(73)56-84-90(78,79)86-60-67(58-83-70(75)53-45-37-29-23-26-34-42-50-64(5)6)88-71(76)54-46-38-28-22-18-14-16-20-25-33-41-49-63(3)4/h62-68,73H,9-61H2,1-8H3,(H,78,79)(H,80,81)/t66?,67-,68-/m1/s1. The summed E-state index contributed by atoms with van der Waals surface area (Å²) in [5.74, 6) is 0.814. The predicted molar refractivity (Wildman–Crippen MR) is 367 cm³/mol. The molecule has 0 aliphatic heterocycles. The number of carbonyl (C=O) groups is 4. The highest BCUT2D eigenvalue weighted by Gasteiger charge is 2.30. The molecule has 0 aliphatic rings. The van der Waals surface area contributed by atoms with Gasteiger partial charge in [0, 0.05) is 25.7 Å². The third-order valence-corrected chi connectivity index (χ3v) is 18.5. The monoisotopic (exact) mass is 1340 g/mol. The van der Waals surface area contributed by atoms with Crippen LogP contribution < -0.4 is 0 Å². The molecule has 0 bridgehead atoms. The Morgan fingerprint density at radius 1 is 0.275 bits per heavy atom. The molecule has 0 aliphatic carbocycles. The average Bonchev–Trinajstić information content (AvgIpc) is 2.85. The summed E-state index contributed by atoms with van der Waals surface area (Å²) in [7, 11) is -9.90. The second kappa shape index (κ2) is 61.6. The number of esters is 4. The van der Waals surface area contributed by atoms with Gasteiger partial charge in [-0.1, -0.05) is 306 Å². The van der Waals surface area contributed by atoms with Crippen LogP contribution in [-0.2, 0) is 65.4 Å². The van der Waals surface area contributed by atoms with E-state index in [4.69, 9.17) is 37.0 Å². The van der Waals surface area contributed by atoms with Crippen molar-refractivity contribution in [1.82, 2.24) is 0 Å². The van der Waals surface area contributed by atoms with Gasteiger partial charge in [0.15, 0.2) is 12.2 Å². The third kappa shape index (κ3) is 66.5. The van der Waals surface area contributed by atoms with E-state index in [1.54, 1.807) is 0 Å². The summed E-state index contributed by atoms with van der Waals surface area (Å²) in [6.45, 7) is 14.0. The number of aliphatic hydroxyl groups excluding tert-OH is 1. The zero-order valence-corrected chi connectivity index (χ0v) is 61.3. The second-order valence-corrected chi connectivity index (χ2v) is 30.8.